The monoisotopic (exact) mass is 605 g/mol. The number of azide groups is 1. The molecule has 2 N–H and O–H groups in total. The fraction of sp³-hybridized carbons (Fsp3) is 0.333. The van der Waals surface area contributed by atoms with Crippen molar-refractivity contribution in [3.63, 3.8) is 0 Å². The molecule has 2 atom stereocenters. The Kier molecular flexibility index (Phi) is 9.82. The van der Waals surface area contributed by atoms with Crippen LogP contribution in [0.4, 0.5) is 5.69 Å². The molecule has 0 saturated heterocycles. The van der Waals surface area contributed by atoms with Crippen molar-refractivity contribution < 1.29 is 19.4 Å². The fourth-order valence-corrected chi connectivity index (χ4v) is 4.99. The summed E-state index contributed by atoms with van der Waals surface area (Å²) in [4.78, 5) is 22.2. The van der Waals surface area contributed by atoms with Crippen LogP contribution in [0.2, 0.25) is 0 Å². The highest BCUT2D eigenvalue weighted by molar-refractivity contribution is 9.10. The molecule has 0 bridgehead atoms. The second-order valence-corrected chi connectivity index (χ2v) is 10.8. The lowest BCUT2D eigenvalue weighted by molar-refractivity contribution is -0.129. The first-order valence-corrected chi connectivity index (χ1v) is 13.9. The third-order valence-corrected chi connectivity index (χ3v) is 7.21. The summed E-state index contributed by atoms with van der Waals surface area (Å²) in [6, 6.07) is 22.1. The molecular weight excluding hydrogens is 574 g/mol. The van der Waals surface area contributed by atoms with Crippen molar-refractivity contribution in [2.75, 3.05) is 19.8 Å². The quantitative estimate of drug-likeness (QED) is 0.107. The fourth-order valence-electron chi connectivity index (χ4n) is 4.49. The minimum atomic E-state index is -1.40. The summed E-state index contributed by atoms with van der Waals surface area (Å²) >= 11 is 3.65. The maximum atomic E-state index is 14.2. The third kappa shape index (κ3) is 6.65. The Morgan fingerprint density at radius 3 is 2.60 bits per heavy atom. The van der Waals surface area contributed by atoms with E-state index >= 15 is 0 Å². The van der Waals surface area contributed by atoms with Gasteiger partial charge < -0.3 is 19.9 Å². The van der Waals surface area contributed by atoms with Gasteiger partial charge in [0.05, 0.1) is 6.61 Å². The second kappa shape index (κ2) is 13.5. The predicted octanol–water partition coefficient (Wildman–Crippen LogP) is 6.42. The molecule has 208 valence electrons. The Bertz CT molecular complexity index is 1410. The zero-order chi connectivity index (χ0) is 28.5. The average Bonchev–Trinajstić information content (AvgIpc) is 3.34. The summed E-state index contributed by atoms with van der Waals surface area (Å²) in [7, 11) is 0. The van der Waals surface area contributed by atoms with Gasteiger partial charge in [0, 0.05) is 52.2 Å². The van der Waals surface area contributed by atoms with Gasteiger partial charge in [-0.15, -0.1) is 0 Å². The van der Waals surface area contributed by atoms with Crippen LogP contribution in [0.3, 0.4) is 0 Å². The number of carbonyl (C=O) groups excluding carboxylic acids is 1. The molecule has 1 heterocycles. The van der Waals surface area contributed by atoms with Gasteiger partial charge in [0.2, 0.25) is 5.90 Å². The van der Waals surface area contributed by atoms with Crippen LogP contribution in [0.1, 0.15) is 43.1 Å². The molecule has 0 saturated carbocycles. The summed E-state index contributed by atoms with van der Waals surface area (Å²) in [5.74, 6) is 0.921. The van der Waals surface area contributed by atoms with Gasteiger partial charge in [-0.3, -0.25) is 4.79 Å². The first-order chi connectivity index (χ1) is 19.4. The Labute approximate surface area is 242 Å². The second-order valence-electron chi connectivity index (χ2n) is 9.91. The molecule has 3 aromatic carbocycles. The smallest absolute Gasteiger partial charge is 0.252 e. The van der Waals surface area contributed by atoms with Gasteiger partial charge in [0.15, 0.2) is 11.6 Å². The zero-order valence-electron chi connectivity index (χ0n) is 22.5. The van der Waals surface area contributed by atoms with Crippen LogP contribution < -0.4 is 10.1 Å². The van der Waals surface area contributed by atoms with Gasteiger partial charge in [-0.1, -0.05) is 77.4 Å². The average molecular weight is 607 g/mol. The molecule has 1 aliphatic rings. The van der Waals surface area contributed by atoms with Crippen LogP contribution in [0.15, 0.2) is 87.4 Å². The number of hydrogen-bond acceptors (Lipinski definition) is 6. The normalized spacial score (nSPS) is 18.0. The van der Waals surface area contributed by atoms with Crippen molar-refractivity contribution in [1.29, 1.82) is 0 Å². The lowest BCUT2D eigenvalue weighted by atomic mass is 9.81. The standard InChI is InChI=1S/C30H32BrN5O4/c1-20(2)19-33-29(38)30(18-22-8-3-6-11-26(22)35-36-32)27(24-9-4-5-10-25(24)31)40-28(34-30)21-12-14-23(15-13-21)39-17-7-16-37/h3-6,8-15,20,27,37H,7,16-19H2,1-2H3,(H,33,38)/t27-,30-/m1/s1. The van der Waals surface area contributed by atoms with Crippen molar-refractivity contribution in [2.24, 2.45) is 16.0 Å². The van der Waals surface area contributed by atoms with Crippen molar-refractivity contribution in [2.45, 2.75) is 38.3 Å². The Morgan fingerprint density at radius 2 is 1.90 bits per heavy atom. The number of aliphatic hydroxyl groups excluding tert-OH is 1. The number of nitrogens with zero attached hydrogens (tertiary/aromatic N) is 4. The SMILES string of the molecule is CC(C)CNC(=O)[C@]1(Cc2ccccc2N=[N+]=[N-])N=C(c2ccc(OCCCO)cc2)O[C@@H]1c1ccccc1Br. The van der Waals surface area contributed by atoms with E-state index in [9.17, 15) is 4.79 Å². The maximum absolute atomic E-state index is 14.2. The van der Waals surface area contributed by atoms with E-state index in [-0.39, 0.29) is 24.9 Å². The van der Waals surface area contributed by atoms with Crippen molar-refractivity contribution in [3.05, 3.63) is 104 Å². The molecule has 3 aromatic rings. The van der Waals surface area contributed by atoms with Crippen LogP contribution in [0.25, 0.3) is 10.4 Å². The lowest BCUT2D eigenvalue weighted by Crippen LogP contribution is -2.50. The molecule has 0 spiro atoms. The van der Waals surface area contributed by atoms with Crippen molar-refractivity contribution in [1.82, 2.24) is 5.32 Å². The topological polar surface area (TPSA) is 129 Å². The van der Waals surface area contributed by atoms with E-state index in [4.69, 9.17) is 25.1 Å². The highest BCUT2D eigenvalue weighted by atomic mass is 79.9. The Hall–Kier alpha value is -3.85. The third-order valence-electron chi connectivity index (χ3n) is 6.49. The zero-order valence-corrected chi connectivity index (χ0v) is 24.0. The van der Waals surface area contributed by atoms with E-state index in [1.165, 1.54) is 0 Å². The number of ether oxygens (including phenoxy) is 2. The van der Waals surface area contributed by atoms with Gasteiger partial charge in [0.25, 0.3) is 5.91 Å². The largest absolute Gasteiger partial charge is 0.494 e. The van der Waals surface area contributed by atoms with E-state index in [1.54, 1.807) is 12.1 Å². The molecule has 1 aliphatic heterocycles. The van der Waals surface area contributed by atoms with Gasteiger partial charge in [-0.25, -0.2) is 4.99 Å². The molecule has 0 aromatic heterocycles. The molecule has 1 amide bonds. The Balaban J connectivity index is 1.83. The minimum Gasteiger partial charge on any atom is -0.494 e. The number of carbonyl (C=O) groups is 1. The molecule has 4 rings (SSSR count). The van der Waals surface area contributed by atoms with E-state index < -0.39 is 11.6 Å². The van der Waals surface area contributed by atoms with Crippen molar-refractivity contribution >= 4 is 33.4 Å². The number of amides is 1. The van der Waals surface area contributed by atoms with Gasteiger partial charge >= 0.3 is 0 Å². The first kappa shape index (κ1) is 29.1. The van der Waals surface area contributed by atoms with Crippen molar-refractivity contribution in [3.8, 4) is 5.75 Å². The first-order valence-electron chi connectivity index (χ1n) is 13.1. The molecule has 40 heavy (non-hydrogen) atoms. The minimum absolute atomic E-state index is 0.0585. The Morgan fingerprint density at radius 1 is 1.18 bits per heavy atom. The predicted molar refractivity (Wildman–Crippen MR) is 158 cm³/mol. The molecule has 0 aliphatic carbocycles. The van der Waals surface area contributed by atoms with Gasteiger partial charge in [-0.2, -0.15) is 0 Å². The summed E-state index contributed by atoms with van der Waals surface area (Å²) in [5, 5.41) is 16.0. The number of rotatable bonds is 12. The van der Waals surface area contributed by atoms with Crippen LogP contribution in [0.5, 0.6) is 5.75 Å². The number of hydrogen-bond donors (Lipinski definition) is 2. The van der Waals surface area contributed by atoms with E-state index in [0.717, 1.165) is 10.0 Å². The number of halogens is 1. The van der Waals surface area contributed by atoms with Crippen LogP contribution in [-0.4, -0.2) is 42.2 Å². The lowest BCUT2D eigenvalue weighted by Gasteiger charge is -2.32. The number of nitrogens with one attached hydrogen (secondary N) is 1. The number of aliphatic imine (C=N–C) groups is 1. The molecule has 10 heteroatoms. The van der Waals surface area contributed by atoms with E-state index in [2.05, 4.69) is 31.3 Å². The highest BCUT2D eigenvalue weighted by Crippen LogP contribution is 2.45. The molecule has 9 nitrogen and oxygen atoms in total. The number of benzene rings is 3. The summed E-state index contributed by atoms with van der Waals surface area (Å²) in [6.45, 7) is 4.98. The molecular formula is C30H32BrN5O4. The van der Waals surface area contributed by atoms with E-state index in [1.807, 2.05) is 74.5 Å². The number of aliphatic hydroxyl groups is 1. The van der Waals surface area contributed by atoms with Crippen LogP contribution >= 0.6 is 15.9 Å². The molecule has 0 fully saturated rings. The highest BCUT2D eigenvalue weighted by Gasteiger charge is 2.54. The van der Waals surface area contributed by atoms with Crippen LogP contribution in [0, 0.1) is 5.92 Å². The molecule has 0 radical (unpaired) electrons. The maximum Gasteiger partial charge on any atom is 0.252 e. The summed E-state index contributed by atoms with van der Waals surface area (Å²) in [5.41, 5.74) is 10.3. The van der Waals surface area contributed by atoms with E-state index in [0.29, 0.717) is 48.0 Å². The summed E-state index contributed by atoms with van der Waals surface area (Å²) in [6.07, 6.45) is -0.0922. The van der Waals surface area contributed by atoms with Crippen LogP contribution in [-0.2, 0) is 16.0 Å². The molecule has 0 unspecified atom stereocenters. The van der Waals surface area contributed by atoms with Gasteiger partial charge in [0.1, 0.15) is 5.75 Å². The summed E-state index contributed by atoms with van der Waals surface area (Å²) < 4.78 is 13.0. The van der Waals surface area contributed by atoms with Gasteiger partial charge in [-0.05, 0) is 47.3 Å².